The van der Waals surface area contributed by atoms with Crippen LogP contribution < -0.4 is 5.32 Å². The molecule has 0 spiro atoms. The maximum Gasteiger partial charge on any atom is 0.252 e. The van der Waals surface area contributed by atoms with Gasteiger partial charge in [0.05, 0.1) is 8.81 Å². The third kappa shape index (κ3) is 3.33. The first kappa shape index (κ1) is 15.7. The Morgan fingerprint density at radius 2 is 2.37 bits per heavy atom. The Morgan fingerprint density at radius 3 is 2.84 bits per heavy atom. The summed E-state index contributed by atoms with van der Waals surface area (Å²) >= 11 is 10.4. The molecule has 1 saturated heterocycles. The van der Waals surface area contributed by atoms with E-state index in [9.17, 15) is 8.42 Å². The minimum atomic E-state index is -3.45. The van der Waals surface area contributed by atoms with Crippen molar-refractivity contribution in [2.24, 2.45) is 0 Å². The second-order valence-electron chi connectivity index (χ2n) is 4.45. The quantitative estimate of drug-likeness (QED) is 0.845. The number of halogens is 2. The van der Waals surface area contributed by atoms with Crippen LogP contribution in [0.2, 0.25) is 5.02 Å². The van der Waals surface area contributed by atoms with Crippen molar-refractivity contribution in [3.8, 4) is 0 Å². The van der Waals surface area contributed by atoms with E-state index >= 15 is 0 Å². The Hall–Kier alpha value is 0.340. The Balaban J connectivity index is 2.33. The molecule has 19 heavy (non-hydrogen) atoms. The molecule has 4 nitrogen and oxygen atoms in total. The minimum absolute atomic E-state index is 0.0459. The predicted molar refractivity (Wildman–Crippen MR) is 82.5 cm³/mol. The summed E-state index contributed by atoms with van der Waals surface area (Å²) in [5.41, 5.74) is 0. The van der Waals surface area contributed by atoms with Crippen LogP contribution in [0.5, 0.6) is 0 Å². The molecule has 108 valence electrons. The van der Waals surface area contributed by atoms with Crippen LogP contribution in [0, 0.1) is 0 Å². The molecule has 2 rings (SSSR count). The fourth-order valence-corrected chi connectivity index (χ4v) is 6.45. The SMILES string of the molecule is CCCN(C1CCNC1)S(=O)(=O)c1cc(Cl)c(Br)s1. The van der Waals surface area contributed by atoms with Gasteiger partial charge in [-0.3, -0.25) is 0 Å². The molecule has 1 unspecified atom stereocenters. The van der Waals surface area contributed by atoms with Gasteiger partial charge in [0.2, 0.25) is 0 Å². The van der Waals surface area contributed by atoms with Gasteiger partial charge in [0, 0.05) is 19.1 Å². The first-order chi connectivity index (χ1) is 8.96. The summed E-state index contributed by atoms with van der Waals surface area (Å²) in [5, 5.41) is 3.66. The first-order valence-corrected chi connectivity index (χ1v) is 9.57. The lowest BCUT2D eigenvalue weighted by atomic mass is 10.2. The van der Waals surface area contributed by atoms with Gasteiger partial charge in [-0.2, -0.15) is 4.31 Å². The molecule has 1 aliphatic heterocycles. The summed E-state index contributed by atoms with van der Waals surface area (Å²) in [4.78, 5) is 0. The van der Waals surface area contributed by atoms with Gasteiger partial charge in [-0.15, -0.1) is 11.3 Å². The van der Waals surface area contributed by atoms with E-state index in [-0.39, 0.29) is 6.04 Å². The van der Waals surface area contributed by atoms with Crippen molar-refractivity contribution in [1.29, 1.82) is 0 Å². The van der Waals surface area contributed by atoms with Crippen molar-refractivity contribution in [1.82, 2.24) is 9.62 Å². The van der Waals surface area contributed by atoms with E-state index in [1.54, 1.807) is 4.31 Å². The normalized spacial score (nSPS) is 20.3. The monoisotopic (exact) mass is 386 g/mol. The lowest BCUT2D eigenvalue weighted by molar-refractivity contribution is 0.336. The number of rotatable bonds is 5. The average molecular weight is 388 g/mol. The zero-order valence-electron chi connectivity index (χ0n) is 10.5. The van der Waals surface area contributed by atoms with Gasteiger partial charge in [0.15, 0.2) is 0 Å². The zero-order valence-corrected chi connectivity index (χ0v) is 14.5. The molecule has 2 heterocycles. The molecule has 1 fully saturated rings. The lowest BCUT2D eigenvalue weighted by Crippen LogP contribution is -2.41. The second kappa shape index (κ2) is 6.41. The molecule has 0 radical (unpaired) electrons. The third-order valence-electron chi connectivity index (χ3n) is 3.07. The van der Waals surface area contributed by atoms with Crippen molar-refractivity contribution >= 4 is 48.9 Å². The number of nitrogens with one attached hydrogen (secondary N) is 1. The van der Waals surface area contributed by atoms with Crippen molar-refractivity contribution in [3.05, 3.63) is 14.9 Å². The summed E-state index contributed by atoms with van der Waals surface area (Å²) in [7, 11) is -3.45. The molecule has 0 aliphatic carbocycles. The molecule has 1 aromatic rings. The summed E-state index contributed by atoms with van der Waals surface area (Å²) < 4.78 is 28.0. The number of nitrogens with zero attached hydrogens (tertiary/aromatic N) is 1. The standard InChI is InChI=1S/C11H16BrClN2O2S2/c1-2-5-15(8-3-4-14-7-8)19(16,17)10-6-9(13)11(12)18-10/h6,8,14H,2-5,7H2,1H3. The van der Waals surface area contributed by atoms with Gasteiger partial charge in [-0.05, 0) is 41.4 Å². The Morgan fingerprint density at radius 1 is 1.63 bits per heavy atom. The van der Waals surface area contributed by atoms with Crippen molar-refractivity contribution in [2.75, 3.05) is 19.6 Å². The van der Waals surface area contributed by atoms with Crippen LogP contribution in [0.15, 0.2) is 14.1 Å². The summed E-state index contributed by atoms with van der Waals surface area (Å²) in [6.45, 7) is 4.12. The molecular formula is C11H16BrClN2O2S2. The van der Waals surface area contributed by atoms with E-state index in [4.69, 9.17) is 11.6 Å². The highest BCUT2D eigenvalue weighted by atomic mass is 79.9. The molecule has 1 atom stereocenters. The first-order valence-electron chi connectivity index (χ1n) is 6.14. The van der Waals surface area contributed by atoms with E-state index in [1.165, 1.54) is 17.4 Å². The fraction of sp³-hybridized carbons (Fsp3) is 0.636. The highest BCUT2D eigenvalue weighted by Gasteiger charge is 2.33. The second-order valence-corrected chi connectivity index (χ2v) is 9.34. The molecule has 0 saturated carbocycles. The Kier molecular flexibility index (Phi) is 5.30. The molecule has 8 heteroatoms. The van der Waals surface area contributed by atoms with Gasteiger partial charge in [-0.25, -0.2) is 8.42 Å². The number of sulfonamides is 1. The maximum absolute atomic E-state index is 12.7. The molecule has 0 amide bonds. The summed E-state index contributed by atoms with van der Waals surface area (Å²) in [5.74, 6) is 0. The predicted octanol–water partition coefficient (Wildman–Crippen LogP) is 2.93. The van der Waals surface area contributed by atoms with Crippen LogP contribution >= 0.6 is 38.9 Å². The van der Waals surface area contributed by atoms with E-state index in [0.717, 1.165) is 25.9 Å². The molecule has 1 N–H and O–H groups in total. The Bertz CT molecular complexity index is 521. The molecule has 0 bridgehead atoms. The van der Waals surface area contributed by atoms with Gasteiger partial charge in [0.25, 0.3) is 10.0 Å². The zero-order chi connectivity index (χ0) is 14.0. The van der Waals surface area contributed by atoms with Crippen LogP contribution in [0.3, 0.4) is 0 Å². The van der Waals surface area contributed by atoms with Crippen LogP contribution in [-0.2, 0) is 10.0 Å². The highest BCUT2D eigenvalue weighted by molar-refractivity contribution is 9.11. The van der Waals surface area contributed by atoms with Gasteiger partial charge >= 0.3 is 0 Å². The number of thiophene rings is 1. The van der Waals surface area contributed by atoms with Crippen molar-refractivity contribution < 1.29 is 8.42 Å². The van der Waals surface area contributed by atoms with Crippen molar-refractivity contribution in [2.45, 2.75) is 30.0 Å². The molecular weight excluding hydrogens is 372 g/mol. The van der Waals surface area contributed by atoms with E-state index in [1.807, 2.05) is 6.92 Å². The number of hydrogen-bond acceptors (Lipinski definition) is 4. The fourth-order valence-electron chi connectivity index (χ4n) is 2.17. The van der Waals surface area contributed by atoms with Gasteiger partial charge < -0.3 is 5.32 Å². The Labute approximate surface area is 131 Å². The van der Waals surface area contributed by atoms with Crippen LogP contribution in [0.4, 0.5) is 0 Å². The summed E-state index contributed by atoms with van der Waals surface area (Å²) in [6, 6.07) is 1.57. The van der Waals surface area contributed by atoms with Crippen molar-refractivity contribution in [3.63, 3.8) is 0 Å². The van der Waals surface area contributed by atoms with E-state index in [2.05, 4.69) is 21.2 Å². The van der Waals surface area contributed by atoms with Crippen LogP contribution in [0.25, 0.3) is 0 Å². The topological polar surface area (TPSA) is 49.4 Å². The van der Waals surface area contributed by atoms with E-state index < -0.39 is 10.0 Å². The van der Waals surface area contributed by atoms with Gasteiger partial charge in [0.1, 0.15) is 4.21 Å². The largest absolute Gasteiger partial charge is 0.315 e. The van der Waals surface area contributed by atoms with Gasteiger partial charge in [-0.1, -0.05) is 18.5 Å². The van der Waals surface area contributed by atoms with Crippen LogP contribution in [0.1, 0.15) is 19.8 Å². The average Bonchev–Trinajstić information content (AvgIpc) is 2.97. The smallest absolute Gasteiger partial charge is 0.252 e. The van der Waals surface area contributed by atoms with E-state index in [0.29, 0.717) is 19.6 Å². The minimum Gasteiger partial charge on any atom is -0.315 e. The highest BCUT2D eigenvalue weighted by Crippen LogP contribution is 2.36. The third-order valence-corrected chi connectivity index (χ3v) is 7.95. The molecule has 1 aromatic heterocycles. The molecule has 1 aliphatic rings. The maximum atomic E-state index is 12.7. The summed E-state index contributed by atoms with van der Waals surface area (Å²) in [6.07, 6.45) is 1.66. The lowest BCUT2D eigenvalue weighted by Gasteiger charge is -2.26. The molecule has 0 aromatic carbocycles. The number of hydrogen-bond donors (Lipinski definition) is 1. The van der Waals surface area contributed by atoms with Crippen LogP contribution in [-0.4, -0.2) is 38.4 Å².